The van der Waals surface area contributed by atoms with Crippen molar-refractivity contribution in [2.24, 2.45) is 0 Å². The Bertz CT molecular complexity index is 2170. The summed E-state index contributed by atoms with van der Waals surface area (Å²) in [5.74, 6) is -2.49. The number of carbonyl (C=O) groups is 3. The van der Waals surface area contributed by atoms with E-state index in [4.69, 9.17) is 61.6 Å². The van der Waals surface area contributed by atoms with E-state index in [2.05, 4.69) is 16.0 Å². The highest BCUT2D eigenvalue weighted by Crippen LogP contribution is 2.38. The van der Waals surface area contributed by atoms with Gasteiger partial charge in [0.15, 0.2) is 44.0 Å². The molecule has 7 rings (SSSR count). The summed E-state index contributed by atoms with van der Waals surface area (Å²) >= 11 is 0. The molecule has 38 nitrogen and oxygen atoms in total. The maximum atomic E-state index is 12.7. The molecular formula is C48H81N3O35. The molecule has 7 aliphatic heterocycles. The molecule has 0 aromatic heterocycles. The van der Waals surface area contributed by atoms with E-state index < -0.39 is 272 Å². The minimum atomic E-state index is -2.28. The van der Waals surface area contributed by atoms with Crippen molar-refractivity contribution in [3.63, 3.8) is 0 Å². The predicted octanol–water partition coefficient (Wildman–Crippen LogP) is -14.8. The number of nitrogens with one attached hydrogen (secondary N) is 3. The summed E-state index contributed by atoms with van der Waals surface area (Å²) < 4.78 is 75.2. The molecule has 0 unspecified atom stereocenters. The molecule has 0 aromatic rings. The van der Waals surface area contributed by atoms with Gasteiger partial charge >= 0.3 is 0 Å². The molecule has 0 aromatic carbocycles. The van der Waals surface area contributed by atoms with Gasteiger partial charge in [0.25, 0.3) is 0 Å². The predicted molar refractivity (Wildman–Crippen MR) is 265 cm³/mol. The number of carbonyl (C=O) groups excluding carboxylic acids is 3. The van der Waals surface area contributed by atoms with E-state index in [-0.39, 0.29) is 0 Å². The Balaban J connectivity index is 1.09. The van der Waals surface area contributed by atoms with Crippen LogP contribution in [0.2, 0.25) is 0 Å². The Morgan fingerprint density at radius 1 is 0.302 bits per heavy atom. The van der Waals surface area contributed by atoms with Crippen molar-refractivity contribution in [1.82, 2.24) is 16.0 Å². The number of ether oxygens (including phenoxy) is 13. The number of hydrogen-bond donors (Lipinski definition) is 22. The first-order valence-electron chi connectivity index (χ1n) is 27.5. The van der Waals surface area contributed by atoms with Crippen LogP contribution in [-0.4, -0.2) is 369 Å². The van der Waals surface area contributed by atoms with Crippen molar-refractivity contribution in [3.05, 3.63) is 0 Å². The fourth-order valence-electron chi connectivity index (χ4n) is 11.1. The van der Waals surface area contributed by atoms with Gasteiger partial charge in [-0.1, -0.05) is 0 Å². The molecule has 498 valence electrons. The van der Waals surface area contributed by atoms with Gasteiger partial charge in [-0.25, -0.2) is 0 Å². The number of aliphatic hydroxyl groups excluding tert-OH is 19. The van der Waals surface area contributed by atoms with Crippen molar-refractivity contribution >= 4 is 17.7 Å². The lowest BCUT2D eigenvalue weighted by atomic mass is 9.93. The van der Waals surface area contributed by atoms with Gasteiger partial charge in [0.2, 0.25) is 17.7 Å². The van der Waals surface area contributed by atoms with Gasteiger partial charge in [-0.05, 0) is 6.92 Å². The third kappa shape index (κ3) is 15.2. The first-order chi connectivity index (χ1) is 40.6. The average Bonchev–Trinajstić information content (AvgIpc) is 1.10. The monoisotopic (exact) mass is 1260 g/mol. The maximum Gasteiger partial charge on any atom is 0.217 e. The maximum absolute atomic E-state index is 12.7. The highest BCUT2D eigenvalue weighted by molar-refractivity contribution is 5.74. The smallest absolute Gasteiger partial charge is 0.217 e. The minimum absolute atomic E-state index is 0.724. The van der Waals surface area contributed by atoms with Gasteiger partial charge in [-0.15, -0.1) is 0 Å². The molecule has 0 aliphatic carbocycles. The average molecular weight is 1260 g/mol. The van der Waals surface area contributed by atoms with Gasteiger partial charge in [0.1, 0.15) is 165 Å². The van der Waals surface area contributed by atoms with Crippen LogP contribution in [0.3, 0.4) is 0 Å². The van der Waals surface area contributed by atoms with Crippen LogP contribution in [-0.2, 0) is 76.0 Å². The molecule has 3 amide bonds. The van der Waals surface area contributed by atoms with E-state index in [1.54, 1.807) is 0 Å². The van der Waals surface area contributed by atoms with Crippen LogP contribution < -0.4 is 16.0 Å². The number of rotatable bonds is 21. The summed E-state index contributed by atoms with van der Waals surface area (Å²) in [5.41, 5.74) is 0. The summed E-state index contributed by atoms with van der Waals surface area (Å²) in [4.78, 5) is 37.4. The van der Waals surface area contributed by atoms with Crippen molar-refractivity contribution in [2.45, 2.75) is 242 Å². The molecule has 86 heavy (non-hydrogen) atoms. The lowest BCUT2D eigenvalue weighted by Gasteiger charge is -2.51. The van der Waals surface area contributed by atoms with E-state index in [0.717, 1.165) is 20.8 Å². The molecule has 38 heteroatoms. The fraction of sp³-hybridized carbons (Fsp3) is 0.938. The van der Waals surface area contributed by atoms with Crippen LogP contribution in [0.15, 0.2) is 0 Å². The van der Waals surface area contributed by atoms with Gasteiger partial charge < -0.3 is 175 Å². The molecule has 0 spiro atoms. The van der Waals surface area contributed by atoms with Gasteiger partial charge in [-0.2, -0.15) is 0 Å². The molecule has 0 radical (unpaired) electrons. The second-order valence-electron chi connectivity index (χ2n) is 21.8. The first-order valence-corrected chi connectivity index (χ1v) is 27.5. The van der Waals surface area contributed by atoms with Crippen LogP contribution >= 0.6 is 0 Å². The van der Waals surface area contributed by atoms with E-state index in [0.29, 0.717) is 0 Å². The van der Waals surface area contributed by atoms with E-state index in [9.17, 15) is 111 Å². The summed E-state index contributed by atoms with van der Waals surface area (Å²) in [6, 6.07) is -5.23. The van der Waals surface area contributed by atoms with Gasteiger partial charge in [0, 0.05) is 20.8 Å². The second kappa shape index (κ2) is 30.5. The molecule has 7 fully saturated rings. The summed E-state index contributed by atoms with van der Waals surface area (Å²) in [6.45, 7) is -1.76. The zero-order chi connectivity index (χ0) is 63.5. The van der Waals surface area contributed by atoms with Crippen LogP contribution in [0.25, 0.3) is 0 Å². The Morgan fingerprint density at radius 3 is 1.02 bits per heavy atom. The third-order valence-electron chi connectivity index (χ3n) is 15.7. The summed E-state index contributed by atoms with van der Waals surface area (Å²) in [5, 5.41) is 214. The summed E-state index contributed by atoms with van der Waals surface area (Å²) in [6.07, 6.45) is -60.8. The van der Waals surface area contributed by atoms with Crippen LogP contribution in [0, 0.1) is 0 Å². The van der Waals surface area contributed by atoms with Gasteiger partial charge in [0.05, 0.1) is 45.7 Å². The highest BCUT2D eigenvalue weighted by Gasteiger charge is 2.59. The van der Waals surface area contributed by atoms with Crippen LogP contribution in [0.5, 0.6) is 0 Å². The highest BCUT2D eigenvalue weighted by atomic mass is 16.8. The topological polar surface area (TPSA) is 592 Å². The number of aliphatic hydroxyl groups is 19. The van der Waals surface area contributed by atoms with Crippen molar-refractivity contribution in [1.29, 1.82) is 0 Å². The molecular weight excluding hydrogens is 1180 g/mol. The number of amides is 3. The quantitative estimate of drug-likeness (QED) is 0.0507. The lowest BCUT2D eigenvalue weighted by molar-refractivity contribution is -0.392. The molecule has 0 bridgehead atoms. The van der Waals surface area contributed by atoms with Crippen molar-refractivity contribution in [2.75, 3.05) is 39.6 Å². The lowest BCUT2D eigenvalue weighted by Crippen LogP contribution is -2.71. The minimum Gasteiger partial charge on any atom is -0.394 e. The molecule has 0 saturated carbocycles. The molecule has 35 atom stereocenters. The normalized spacial score (nSPS) is 49.4. The van der Waals surface area contributed by atoms with Crippen LogP contribution in [0.4, 0.5) is 0 Å². The van der Waals surface area contributed by atoms with Crippen LogP contribution in [0.1, 0.15) is 27.7 Å². The Kier molecular flexibility index (Phi) is 25.0. The van der Waals surface area contributed by atoms with Crippen molar-refractivity contribution in [3.8, 4) is 0 Å². The Morgan fingerprint density at radius 2 is 0.616 bits per heavy atom. The zero-order valence-electron chi connectivity index (χ0n) is 46.5. The molecule has 7 aliphatic rings. The second-order valence-corrected chi connectivity index (χ2v) is 21.8. The Hall–Kier alpha value is -2.87. The largest absolute Gasteiger partial charge is 0.394 e. The Labute approximate surface area is 488 Å². The molecule has 22 N–H and O–H groups in total. The molecule has 7 heterocycles. The molecule has 7 saturated heterocycles. The SMILES string of the molecule is CC(=O)N[C@@H]1[C@@H](O)[C@H](O[C@@H]2O[C@H](CO)[C@H](O)[C@H](O[C@@H]3O[C@H](CO)[C@@H](O[C@@H]4O[C@H](CO)[C@H](O)[C@H](O[C@@H]5O[C@H](CO)[C@@H](O[C@@H]6O[C@H](CO)[C@H](O)[C@H](O)[C@H]6O[C@@H]6O[C@@H](C)[C@@H](O)[C@@H](O)[C@@H]6O)[C@H](O)[C@H]5NC(C)=O)[C@H]4O)[C@H](O)[C@H]3NC(C)=O)[C@H]2O)[C@@H](CO)O[C@H]1O. The van der Waals surface area contributed by atoms with E-state index >= 15 is 0 Å². The third-order valence-corrected chi connectivity index (χ3v) is 15.7. The van der Waals surface area contributed by atoms with Crippen molar-refractivity contribution < 1.29 is 173 Å². The first kappa shape index (κ1) is 70.6. The number of hydrogen-bond acceptors (Lipinski definition) is 35. The van der Waals surface area contributed by atoms with E-state index in [1.807, 2.05) is 0 Å². The summed E-state index contributed by atoms with van der Waals surface area (Å²) in [7, 11) is 0. The zero-order valence-corrected chi connectivity index (χ0v) is 46.5. The standard InChI is InChI=1S/C48H81N3O35/c1-11-24(61)31(68)33(70)45(74-11)86-41-32(69)25(62)15(5-52)78-48(41)83-38-20(10-57)80-44(23(30(38)67)51-14(4)60)85-40-27(64)17(7-54)77-47(35(40)72)82-37-19(9-56)79-43(22(29(37)66)50-13(3)59)84-39-26(63)16(6-53)76-46(34(39)71)81-36-18(8-55)75-42(73)21(28(36)65)49-12(2)58/h11,15-48,52-57,61-73H,5-10H2,1-4H3,(H,49,58)(H,50,59)(H,51,60)/t11-,15+,16+,17+,18+,19+,20+,21+,22+,23+,24+,25-,26-,27-,28+,29+,30+,31+,32-,33-,34+,35+,36+,37+,38+,39-,40-,41+,42+,43-,44-,45-,46-,47-,48-/m0/s1. The van der Waals surface area contributed by atoms with E-state index in [1.165, 1.54) is 6.92 Å². The van der Waals surface area contributed by atoms with Gasteiger partial charge in [-0.3, -0.25) is 14.4 Å². The fourth-order valence-corrected chi connectivity index (χ4v) is 11.1.